The van der Waals surface area contributed by atoms with Crippen LogP contribution in [0.25, 0.3) is 0 Å². The van der Waals surface area contributed by atoms with Crippen molar-refractivity contribution in [2.75, 3.05) is 20.8 Å². The lowest BCUT2D eigenvalue weighted by atomic mass is 10.3. The Labute approximate surface area is 86.6 Å². The molecule has 0 heterocycles. The zero-order valence-corrected chi connectivity index (χ0v) is 8.50. The number of methoxy groups -OCH3 is 2. The highest BCUT2D eigenvalue weighted by Gasteiger charge is 2.09. The van der Waals surface area contributed by atoms with E-state index in [0.29, 0.717) is 0 Å². The monoisotopic (exact) mass is 218 g/mol. The van der Waals surface area contributed by atoms with Crippen molar-refractivity contribution >= 4 is 0 Å². The van der Waals surface area contributed by atoms with Gasteiger partial charge in [-0.1, -0.05) is 0 Å². The number of halogens is 2. The van der Waals surface area contributed by atoms with E-state index in [1.807, 2.05) is 0 Å². The van der Waals surface area contributed by atoms with E-state index >= 15 is 0 Å². The van der Waals surface area contributed by atoms with Gasteiger partial charge >= 0.3 is 0 Å². The molecule has 0 N–H and O–H groups in total. The standard InChI is InChI=1S/C10H12F2O3/c1-13-10(14-2)6-15-9-5-7(11)3-4-8(9)12/h3-5,10H,6H2,1-2H3. The van der Waals surface area contributed by atoms with E-state index in [2.05, 4.69) is 0 Å². The van der Waals surface area contributed by atoms with Crippen molar-refractivity contribution in [3.05, 3.63) is 29.8 Å². The van der Waals surface area contributed by atoms with E-state index in [-0.39, 0.29) is 12.4 Å². The van der Waals surface area contributed by atoms with E-state index in [0.717, 1.165) is 18.2 Å². The molecular formula is C10H12F2O3. The minimum Gasteiger partial charge on any atom is -0.485 e. The van der Waals surface area contributed by atoms with Crippen LogP contribution in [0.4, 0.5) is 8.78 Å². The van der Waals surface area contributed by atoms with Crippen molar-refractivity contribution in [1.82, 2.24) is 0 Å². The number of rotatable bonds is 5. The molecule has 0 saturated heterocycles. The van der Waals surface area contributed by atoms with Gasteiger partial charge in [0.2, 0.25) is 0 Å². The molecule has 0 aliphatic heterocycles. The lowest BCUT2D eigenvalue weighted by Gasteiger charge is -2.14. The molecule has 0 fully saturated rings. The lowest BCUT2D eigenvalue weighted by Crippen LogP contribution is -2.22. The predicted octanol–water partition coefficient (Wildman–Crippen LogP) is 1.96. The molecule has 0 radical (unpaired) electrons. The zero-order valence-electron chi connectivity index (χ0n) is 8.50. The molecule has 3 nitrogen and oxygen atoms in total. The van der Waals surface area contributed by atoms with Crippen molar-refractivity contribution in [1.29, 1.82) is 0 Å². The molecule has 15 heavy (non-hydrogen) atoms. The van der Waals surface area contributed by atoms with Crippen LogP contribution in [0.3, 0.4) is 0 Å². The second kappa shape index (κ2) is 5.63. The third kappa shape index (κ3) is 3.45. The van der Waals surface area contributed by atoms with Crippen molar-refractivity contribution < 1.29 is 23.0 Å². The molecular weight excluding hydrogens is 206 g/mol. The summed E-state index contributed by atoms with van der Waals surface area (Å²) in [6.45, 7) is -0.00657. The summed E-state index contributed by atoms with van der Waals surface area (Å²) < 4.78 is 40.4. The van der Waals surface area contributed by atoms with Crippen molar-refractivity contribution in [3.8, 4) is 5.75 Å². The van der Waals surface area contributed by atoms with Crippen LogP contribution in [0.5, 0.6) is 5.75 Å². The summed E-state index contributed by atoms with van der Waals surface area (Å²) in [5.41, 5.74) is 0. The van der Waals surface area contributed by atoms with E-state index in [1.165, 1.54) is 14.2 Å². The highest BCUT2D eigenvalue weighted by molar-refractivity contribution is 5.24. The third-order valence-electron chi connectivity index (χ3n) is 1.79. The summed E-state index contributed by atoms with van der Waals surface area (Å²) in [4.78, 5) is 0. The highest BCUT2D eigenvalue weighted by Crippen LogP contribution is 2.18. The number of hydrogen-bond donors (Lipinski definition) is 0. The van der Waals surface area contributed by atoms with Crippen LogP contribution in [0.2, 0.25) is 0 Å². The fraction of sp³-hybridized carbons (Fsp3) is 0.400. The quantitative estimate of drug-likeness (QED) is 0.707. The maximum atomic E-state index is 13.1. The Morgan fingerprint density at radius 1 is 1.20 bits per heavy atom. The van der Waals surface area contributed by atoms with Gasteiger partial charge in [0.1, 0.15) is 12.4 Å². The van der Waals surface area contributed by atoms with Crippen LogP contribution in [0.15, 0.2) is 18.2 Å². The van der Waals surface area contributed by atoms with Gasteiger partial charge in [-0.3, -0.25) is 0 Å². The fourth-order valence-corrected chi connectivity index (χ4v) is 0.978. The van der Waals surface area contributed by atoms with Crippen molar-refractivity contribution in [3.63, 3.8) is 0 Å². The van der Waals surface area contributed by atoms with Gasteiger partial charge < -0.3 is 14.2 Å². The molecule has 0 bridgehead atoms. The molecule has 1 aromatic rings. The second-order valence-corrected chi connectivity index (χ2v) is 2.79. The molecule has 0 aliphatic carbocycles. The van der Waals surface area contributed by atoms with Crippen LogP contribution < -0.4 is 4.74 Å². The summed E-state index contributed by atoms with van der Waals surface area (Å²) in [6, 6.07) is 2.99. The Balaban J connectivity index is 2.60. The summed E-state index contributed by atoms with van der Waals surface area (Å²) >= 11 is 0. The van der Waals surface area contributed by atoms with E-state index < -0.39 is 17.9 Å². The van der Waals surface area contributed by atoms with Gasteiger partial charge in [0.05, 0.1) is 0 Å². The molecule has 0 unspecified atom stereocenters. The van der Waals surface area contributed by atoms with Crippen LogP contribution in [0.1, 0.15) is 0 Å². The number of benzene rings is 1. The molecule has 5 heteroatoms. The first-order valence-electron chi connectivity index (χ1n) is 4.30. The zero-order chi connectivity index (χ0) is 11.3. The lowest BCUT2D eigenvalue weighted by molar-refractivity contribution is -0.122. The molecule has 0 atom stereocenters. The van der Waals surface area contributed by atoms with Crippen LogP contribution in [-0.4, -0.2) is 27.1 Å². The summed E-state index contributed by atoms with van der Waals surface area (Å²) in [6.07, 6.45) is -0.604. The van der Waals surface area contributed by atoms with Crippen LogP contribution >= 0.6 is 0 Å². The van der Waals surface area contributed by atoms with Gasteiger partial charge in [0.25, 0.3) is 0 Å². The topological polar surface area (TPSA) is 27.7 Å². The molecule has 84 valence electrons. The largest absolute Gasteiger partial charge is 0.485 e. The minimum absolute atomic E-state index is 0.00657. The maximum absolute atomic E-state index is 13.1. The fourth-order valence-electron chi connectivity index (χ4n) is 0.978. The Bertz CT molecular complexity index is 314. The Morgan fingerprint density at radius 3 is 2.47 bits per heavy atom. The average Bonchev–Trinajstić information content (AvgIpc) is 2.24. The molecule has 0 aromatic heterocycles. The Morgan fingerprint density at radius 2 is 1.87 bits per heavy atom. The van der Waals surface area contributed by atoms with Gasteiger partial charge in [-0.05, 0) is 12.1 Å². The smallest absolute Gasteiger partial charge is 0.191 e. The van der Waals surface area contributed by atoms with E-state index in [4.69, 9.17) is 14.2 Å². The summed E-state index contributed by atoms with van der Waals surface area (Å²) in [7, 11) is 2.86. The predicted molar refractivity (Wildman–Crippen MR) is 49.7 cm³/mol. The van der Waals surface area contributed by atoms with Gasteiger partial charge in [-0.25, -0.2) is 8.78 Å². The second-order valence-electron chi connectivity index (χ2n) is 2.79. The van der Waals surface area contributed by atoms with E-state index in [1.54, 1.807) is 0 Å². The Hall–Kier alpha value is -1.20. The summed E-state index contributed by atoms with van der Waals surface area (Å²) in [5.74, 6) is -1.34. The first-order valence-corrected chi connectivity index (χ1v) is 4.30. The van der Waals surface area contributed by atoms with Crippen LogP contribution in [-0.2, 0) is 9.47 Å². The summed E-state index contributed by atoms with van der Waals surface area (Å²) in [5, 5.41) is 0. The molecule has 0 amide bonds. The Kier molecular flexibility index (Phi) is 4.45. The minimum atomic E-state index is -0.623. The average molecular weight is 218 g/mol. The van der Waals surface area contributed by atoms with Crippen molar-refractivity contribution in [2.24, 2.45) is 0 Å². The first-order chi connectivity index (χ1) is 7.17. The first kappa shape index (κ1) is 11.9. The molecule has 0 aliphatic rings. The van der Waals surface area contributed by atoms with Gasteiger partial charge in [-0.15, -0.1) is 0 Å². The highest BCUT2D eigenvalue weighted by atomic mass is 19.1. The van der Waals surface area contributed by atoms with E-state index in [9.17, 15) is 8.78 Å². The van der Waals surface area contributed by atoms with Gasteiger partial charge in [-0.2, -0.15) is 0 Å². The number of ether oxygens (including phenoxy) is 3. The normalized spacial score (nSPS) is 10.7. The SMILES string of the molecule is COC(COc1cc(F)ccc1F)OC. The van der Waals surface area contributed by atoms with Gasteiger partial charge in [0, 0.05) is 20.3 Å². The maximum Gasteiger partial charge on any atom is 0.191 e. The van der Waals surface area contributed by atoms with Gasteiger partial charge in [0.15, 0.2) is 17.9 Å². The number of hydrogen-bond acceptors (Lipinski definition) is 3. The molecule has 0 spiro atoms. The molecule has 0 saturated carbocycles. The van der Waals surface area contributed by atoms with Crippen molar-refractivity contribution in [2.45, 2.75) is 6.29 Å². The van der Waals surface area contributed by atoms with Crippen LogP contribution in [0, 0.1) is 11.6 Å². The molecule has 1 aromatic carbocycles. The third-order valence-corrected chi connectivity index (χ3v) is 1.79. The molecule has 1 rings (SSSR count).